The van der Waals surface area contributed by atoms with Crippen molar-refractivity contribution in [3.63, 3.8) is 0 Å². The van der Waals surface area contributed by atoms with Crippen LogP contribution in [0.1, 0.15) is 49.4 Å². The molecule has 3 N–H and O–H groups in total. The van der Waals surface area contributed by atoms with Crippen molar-refractivity contribution < 1.29 is 19.1 Å². The largest absolute Gasteiger partial charge is 0.496 e. The van der Waals surface area contributed by atoms with Gasteiger partial charge in [-0.1, -0.05) is 31.4 Å². The topological polar surface area (TPSA) is 93.9 Å². The Hall–Kier alpha value is -1.99. The van der Waals surface area contributed by atoms with E-state index < -0.39 is 0 Å². The van der Waals surface area contributed by atoms with Gasteiger partial charge in [-0.05, 0) is 25.3 Å². The van der Waals surface area contributed by atoms with Crippen LogP contribution in [0.2, 0.25) is 5.02 Å². The lowest BCUT2D eigenvalue weighted by molar-refractivity contribution is -0.145. The van der Waals surface area contributed by atoms with Crippen molar-refractivity contribution in [1.82, 2.24) is 10.2 Å². The summed E-state index contributed by atoms with van der Waals surface area (Å²) < 4.78 is 10.5. The predicted octanol–water partition coefficient (Wildman–Crippen LogP) is 2.86. The highest BCUT2D eigenvalue weighted by molar-refractivity contribution is 6.33. The molecule has 0 unspecified atom stereocenters. The smallest absolute Gasteiger partial charge is 0.320 e. The van der Waals surface area contributed by atoms with Crippen molar-refractivity contribution in [2.75, 3.05) is 39.1 Å². The summed E-state index contributed by atoms with van der Waals surface area (Å²) in [6, 6.07) is 3.10. The van der Waals surface area contributed by atoms with Crippen LogP contribution in [-0.2, 0) is 9.53 Å². The third kappa shape index (κ3) is 6.56. The molecule has 0 aliphatic carbocycles. The van der Waals surface area contributed by atoms with E-state index in [1.807, 2.05) is 0 Å². The fourth-order valence-electron chi connectivity index (χ4n) is 3.18. The number of hydrogen-bond donors (Lipinski definition) is 2. The van der Waals surface area contributed by atoms with Gasteiger partial charge in [-0.25, -0.2) is 0 Å². The lowest BCUT2D eigenvalue weighted by Crippen LogP contribution is -2.46. The third-order valence-corrected chi connectivity index (χ3v) is 5.18. The summed E-state index contributed by atoms with van der Waals surface area (Å²) in [7, 11) is 1.49. The van der Waals surface area contributed by atoms with Crippen LogP contribution in [-0.4, -0.2) is 56.2 Å². The molecule has 1 aromatic rings. The molecule has 0 radical (unpaired) electrons. The van der Waals surface area contributed by atoms with E-state index in [-0.39, 0.29) is 17.9 Å². The summed E-state index contributed by atoms with van der Waals surface area (Å²) in [6.45, 7) is 4.37. The molecule has 7 nitrogen and oxygen atoms in total. The van der Waals surface area contributed by atoms with E-state index in [1.165, 1.54) is 13.2 Å². The van der Waals surface area contributed by atoms with Gasteiger partial charge in [0, 0.05) is 25.2 Å². The lowest BCUT2D eigenvalue weighted by atomic mass is 10.0. The number of piperidine rings is 1. The molecule has 1 amide bonds. The van der Waals surface area contributed by atoms with Crippen molar-refractivity contribution in [2.45, 2.75) is 45.1 Å². The molecule has 8 heteroatoms. The third-order valence-electron chi connectivity index (χ3n) is 4.85. The average Bonchev–Trinajstić information content (AvgIpc) is 2.68. The van der Waals surface area contributed by atoms with Crippen molar-refractivity contribution in [1.29, 1.82) is 0 Å². The minimum atomic E-state index is -0.243. The van der Waals surface area contributed by atoms with Gasteiger partial charge in [-0.3, -0.25) is 14.5 Å². The normalized spacial score (nSPS) is 15.2. The van der Waals surface area contributed by atoms with Gasteiger partial charge in [-0.15, -0.1) is 0 Å². The Labute approximate surface area is 171 Å². The van der Waals surface area contributed by atoms with E-state index in [9.17, 15) is 9.59 Å². The Balaban J connectivity index is 1.79. The zero-order valence-corrected chi connectivity index (χ0v) is 17.4. The molecule has 1 fully saturated rings. The molecule has 0 bridgehead atoms. The number of esters is 1. The number of benzene rings is 1. The van der Waals surface area contributed by atoms with Crippen molar-refractivity contribution in [2.24, 2.45) is 0 Å². The fraction of sp³-hybridized carbons (Fsp3) is 0.600. The lowest BCUT2D eigenvalue weighted by Gasteiger charge is -2.31. The van der Waals surface area contributed by atoms with Gasteiger partial charge in [0.05, 0.1) is 36.5 Å². The average molecular weight is 412 g/mol. The Kier molecular flexibility index (Phi) is 8.86. The van der Waals surface area contributed by atoms with Crippen LogP contribution >= 0.6 is 11.6 Å². The number of hydrogen-bond acceptors (Lipinski definition) is 6. The molecule has 0 aromatic heterocycles. The molecular weight excluding hydrogens is 382 g/mol. The van der Waals surface area contributed by atoms with Crippen molar-refractivity contribution in [3.8, 4) is 5.75 Å². The van der Waals surface area contributed by atoms with E-state index in [4.69, 9.17) is 26.8 Å². The fourth-order valence-corrected chi connectivity index (χ4v) is 3.34. The number of carbonyl (C=O) groups is 2. The summed E-state index contributed by atoms with van der Waals surface area (Å²) in [4.78, 5) is 26.5. The first kappa shape index (κ1) is 22.3. The number of likely N-dealkylation sites (tertiary alicyclic amines) is 1. The predicted molar refractivity (Wildman–Crippen MR) is 110 cm³/mol. The van der Waals surface area contributed by atoms with Crippen LogP contribution in [0.5, 0.6) is 5.75 Å². The molecule has 1 aromatic carbocycles. The second kappa shape index (κ2) is 11.1. The number of nitrogen functional groups attached to an aromatic ring is 1. The number of nitrogens with one attached hydrogen (secondary N) is 1. The molecule has 1 heterocycles. The monoisotopic (exact) mass is 411 g/mol. The molecule has 28 heavy (non-hydrogen) atoms. The van der Waals surface area contributed by atoms with E-state index in [0.717, 1.165) is 45.2 Å². The number of anilines is 1. The van der Waals surface area contributed by atoms with Gasteiger partial charge in [-0.2, -0.15) is 0 Å². The Morgan fingerprint density at radius 1 is 1.29 bits per heavy atom. The number of carbonyl (C=O) groups excluding carboxylic acids is 2. The summed E-state index contributed by atoms with van der Waals surface area (Å²) in [5.74, 6) is -0.0324. The van der Waals surface area contributed by atoms with Crippen LogP contribution < -0.4 is 15.8 Å². The molecular formula is C20H30ClN3O4. The van der Waals surface area contributed by atoms with Crippen molar-refractivity contribution in [3.05, 3.63) is 22.7 Å². The standard InChI is InChI=1S/C20H30ClN3O4/c1-3-4-5-10-28-19(25)13-24-8-6-14(7-9-24)23-20(26)15-11-16(21)17(22)12-18(15)27-2/h11-12,14H,3-10,13,22H2,1-2H3,(H,23,26). The molecule has 0 atom stereocenters. The zero-order valence-electron chi connectivity index (χ0n) is 16.6. The number of methoxy groups -OCH3 is 1. The number of rotatable bonds is 9. The zero-order chi connectivity index (χ0) is 20.5. The van der Waals surface area contributed by atoms with Crippen LogP contribution in [0.3, 0.4) is 0 Å². The number of amides is 1. The first-order valence-electron chi connectivity index (χ1n) is 9.76. The summed E-state index contributed by atoms with van der Waals surface area (Å²) in [6.07, 6.45) is 4.61. The second-order valence-corrected chi connectivity index (χ2v) is 7.43. The van der Waals surface area contributed by atoms with E-state index in [1.54, 1.807) is 6.07 Å². The van der Waals surface area contributed by atoms with Gasteiger partial charge in [0.15, 0.2) is 0 Å². The molecule has 1 aliphatic heterocycles. The highest BCUT2D eigenvalue weighted by Gasteiger charge is 2.24. The van der Waals surface area contributed by atoms with Gasteiger partial charge in [0.25, 0.3) is 5.91 Å². The van der Waals surface area contributed by atoms with Gasteiger partial charge in [0.1, 0.15) is 5.75 Å². The number of ether oxygens (including phenoxy) is 2. The molecule has 156 valence electrons. The van der Waals surface area contributed by atoms with Crippen molar-refractivity contribution >= 4 is 29.2 Å². The maximum atomic E-state index is 12.6. The maximum absolute atomic E-state index is 12.6. The maximum Gasteiger partial charge on any atom is 0.320 e. The second-order valence-electron chi connectivity index (χ2n) is 7.03. The summed E-state index contributed by atoms with van der Waals surface area (Å²) >= 11 is 6.04. The van der Waals surface area contributed by atoms with Gasteiger partial charge >= 0.3 is 5.97 Å². The van der Waals surface area contributed by atoms with Crippen LogP contribution in [0, 0.1) is 0 Å². The Morgan fingerprint density at radius 3 is 2.64 bits per heavy atom. The molecule has 0 spiro atoms. The van der Waals surface area contributed by atoms with E-state index >= 15 is 0 Å². The number of nitrogens with two attached hydrogens (primary N) is 1. The number of nitrogens with zero attached hydrogens (tertiary/aromatic N) is 1. The molecule has 1 aliphatic rings. The number of halogens is 1. The van der Waals surface area contributed by atoms with Crippen LogP contribution in [0.15, 0.2) is 12.1 Å². The highest BCUT2D eigenvalue weighted by atomic mass is 35.5. The van der Waals surface area contributed by atoms with Crippen LogP contribution in [0.4, 0.5) is 5.69 Å². The minimum Gasteiger partial charge on any atom is -0.496 e. The summed E-state index contributed by atoms with van der Waals surface area (Å²) in [5.41, 5.74) is 6.49. The van der Waals surface area contributed by atoms with Gasteiger partial charge in [0.2, 0.25) is 0 Å². The Bertz CT molecular complexity index is 676. The first-order valence-corrected chi connectivity index (χ1v) is 10.1. The quantitative estimate of drug-likeness (QED) is 0.368. The van der Waals surface area contributed by atoms with E-state index in [0.29, 0.717) is 35.2 Å². The SMILES string of the molecule is CCCCCOC(=O)CN1CCC(NC(=O)c2cc(Cl)c(N)cc2OC)CC1. The summed E-state index contributed by atoms with van der Waals surface area (Å²) in [5, 5.41) is 3.34. The number of unbranched alkanes of at least 4 members (excludes halogenated alkanes) is 2. The Morgan fingerprint density at radius 2 is 2.00 bits per heavy atom. The minimum absolute atomic E-state index is 0.0327. The molecule has 1 saturated heterocycles. The molecule has 2 rings (SSSR count). The van der Waals surface area contributed by atoms with E-state index in [2.05, 4.69) is 17.1 Å². The molecule has 0 saturated carbocycles. The van der Waals surface area contributed by atoms with Gasteiger partial charge < -0.3 is 20.5 Å². The highest BCUT2D eigenvalue weighted by Crippen LogP contribution is 2.29. The van der Waals surface area contributed by atoms with Crippen LogP contribution in [0.25, 0.3) is 0 Å². The first-order chi connectivity index (χ1) is 13.4.